The Morgan fingerprint density at radius 2 is 2.00 bits per heavy atom. The van der Waals surface area contributed by atoms with Crippen molar-refractivity contribution in [1.82, 2.24) is 5.32 Å². The third-order valence-corrected chi connectivity index (χ3v) is 4.92. The molecule has 0 bridgehead atoms. The Morgan fingerprint density at radius 1 is 1.25 bits per heavy atom. The molecule has 1 heterocycles. The van der Waals surface area contributed by atoms with E-state index in [1.165, 1.54) is 31.2 Å². The molecule has 1 atom stereocenters. The maximum Gasteiger partial charge on any atom is 0.118 e. The molecule has 0 spiro atoms. The van der Waals surface area contributed by atoms with Crippen LogP contribution in [0.15, 0.2) is 24.3 Å². The molecule has 3 nitrogen and oxygen atoms in total. The summed E-state index contributed by atoms with van der Waals surface area (Å²) in [6.07, 6.45) is 6.42. The molecule has 0 aromatic heterocycles. The summed E-state index contributed by atoms with van der Waals surface area (Å²) < 4.78 is 10.7. The number of nitrogens with one attached hydrogen (secondary N) is 1. The van der Waals surface area contributed by atoms with E-state index in [4.69, 9.17) is 9.47 Å². The van der Waals surface area contributed by atoms with Crippen LogP contribution in [0.5, 0.6) is 5.75 Å². The Hall–Kier alpha value is -1.06. The summed E-state index contributed by atoms with van der Waals surface area (Å²) >= 11 is 0. The van der Waals surface area contributed by atoms with Gasteiger partial charge in [0.05, 0.1) is 13.7 Å². The number of hydrogen-bond donors (Lipinski definition) is 1. The molecule has 0 unspecified atom stereocenters. The second-order valence-corrected chi connectivity index (χ2v) is 6.16. The van der Waals surface area contributed by atoms with Gasteiger partial charge in [0.2, 0.25) is 0 Å². The standard InChI is InChI=1S/C17H25NO2/c1-19-16-6-4-14(5-7-16)17(9-2-3-10-17)13-18-15-8-11-20-12-15/h4-7,15,18H,2-3,8-13H2,1H3/t15-/m1/s1. The molecular formula is C17H25NO2. The lowest BCUT2D eigenvalue weighted by Gasteiger charge is -2.31. The molecule has 0 radical (unpaired) electrons. The van der Waals surface area contributed by atoms with Crippen LogP contribution >= 0.6 is 0 Å². The Balaban J connectivity index is 1.72. The minimum Gasteiger partial charge on any atom is -0.497 e. The molecule has 1 saturated carbocycles. The van der Waals surface area contributed by atoms with Gasteiger partial charge in [-0.15, -0.1) is 0 Å². The predicted molar refractivity (Wildman–Crippen MR) is 80.4 cm³/mol. The number of benzene rings is 1. The van der Waals surface area contributed by atoms with E-state index < -0.39 is 0 Å². The van der Waals surface area contributed by atoms with Crippen LogP contribution in [-0.2, 0) is 10.2 Å². The lowest BCUT2D eigenvalue weighted by molar-refractivity contribution is 0.188. The first kappa shape index (κ1) is 13.9. The fraction of sp³-hybridized carbons (Fsp3) is 0.647. The summed E-state index contributed by atoms with van der Waals surface area (Å²) in [5, 5.41) is 3.74. The van der Waals surface area contributed by atoms with Crippen molar-refractivity contribution in [3.8, 4) is 5.75 Å². The Kier molecular flexibility index (Phi) is 4.27. The third kappa shape index (κ3) is 2.84. The summed E-state index contributed by atoms with van der Waals surface area (Å²) in [7, 11) is 1.72. The van der Waals surface area contributed by atoms with Crippen molar-refractivity contribution < 1.29 is 9.47 Å². The fourth-order valence-electron chi connectivity index (χ4n) is 3.60. The normalized spacial score (nSPS) is 24.9. The number of rotatable bonds is 5. The van der Waals surface area contributed by atoms with Crippen LogP contribution in [0.4, 0.5) is 0 Å². The van der Waals surface area contributed by atoms with Crippen LogP contribution in [0, 0.1) is 0 Å². The summed E-state index contributed by atoms with van der Waals surface area (Å²) in [6, 6.07) is 9.22. The van der Waals surface area contributed by atoms with Gasteiger partial charge in [0.25, 0.3) is 0 Å². The zero-order valence-corrected chi connectivity index (χ0v) is 12.4. The molecule has 20 heavy (non-hydrogen) atoms. The average molecular weight is 275 g/mol. The summed E-state index contributed by atoms with van der Waals surface area (Å²) in [6.45, 7) is 2.86. The lowest BCUT2D eigenvalue weighted by atomic mass is 9.78. The Morgan fingerprint density at radius 3 is 2.60 bits per heavy atom. The van der Waals surface area contributed by atoms with Gasteiger partial charge in [0.1, 0.15) is 5.75 Å². The van der Waals surface area contributed by atoms with Gasteiger partial charge >= 0.3 is 0 Å². The van der Waals surface area contributed by atoms with Gasteiger partial charge in [-0.1, -0.05) is 25.0 Å². The van der Waals surface area contributed by atoms with Crippen LogP contribution in [0.3, 0.4) is 0 Å². The van der Waals surface area contributed by atoms with E-state index in [0.717, 1.165) is 31.9 Å². The Bertz CT molecular complexity index is 417. The molecule has 1 aromatic rings. The molecule has 3 rings (SSSR count). The molecule has 1 N–H and O–H groups in total. The molecule has 2 fully saturated rings. The highest BCUT2D eigenvalue weighted by molar-refractivity contribution is 5.33. The molecule has 1 aliphatic carbocycles. The molecule has 110 valence electrons. The first-order valence-electron chi connectivity index (χ1n) is 7.78. The quantitative estimate of drug-likeness (QED) is 0.896. The van der Waals surface area contributed by atoms with Gasteiger partial charge in [-0.25, -0.2) is 0 Å². The van der Waals surface area contributed by atoms with Crippen molar-refractivity contribution in [2.75, 3.05) is 26.9 Å². The van der Waals surface area contributed by atoms with E-state index in [0.29, 0.717) is 11.5 Å². The molecule has 0 amide bonds. The van der Waals surface area contributed by atoms with Crippen LogP contribution in [0.2, 0.25) is 0 Å². The largest absolute Gasteiger partial charge is 0.497 e. The maximum atomic E-state index is 5.46. The zero-order valence-electron chi connectivity index (χ0n) is 12.4. The maximum absolute atomic E-state index is 5.46. The second-order valence-electron chi connectivity index (χ2n) is 6.16. The summed E-state index contributed by atoms with van der Waals surface area (Å²) in [5.74, 6) is 0.944. The lowest BCUT2D eigenvalue weighted by Crippen LogP contribution is -2.41. The van der Waals surface area contributed by atoms with E-state index in [-0.39, 0.29) is 0 Å². The molecule has 2 aliphatic rings. The van der Waals surface area contributed by atoms with E-state index >= 15 is 0 Å². The third-order valence-electron chi connectivity index (χ3n) is 4.92. The highest BCUT2D eigenvalue weighted by Gasteiger charge is 2.36. The molecule has 1 saturated heterocycles. The minimum absolute atomic E-state index is 0.314. The van der Waals surface area contributed by atoms with E-state index in [2.05, 4.69) is 29.6 Å². The van der Waals surface area contributed by atoms with Crippen LogP contribution in [0.1, 0.15) is 37.7 Å². The first-order chi connectivity index (χ1) is 9.82. The van der Waals surface area contributed by atoms with Crippen molar-refractivity contribution in [3.63, 3.8) is 0 Å². The molecule has 1 aliphatic heterocycles. The minimum atomic E-state index is 0.314. The van der Waals surface area contributed by atoms with Crippen LogP contribution in [0.25, 0.3) is 0 Å². The fourth-order valence-corrected chi connectivity index (χ4v) is 3.60. The van der Waals surface area contributed by atoms with E-state index in [9.17, 15) is 0 Å². The smallest absolute Gasteiger partial charge is 0.118 e. The van der Waals surface area contributed by atoms with E-state index in [1.54, 1.807) is 7.11 Å². The van der Waals surface area contributed by atoms with Crippen LogP contribution < -0.4 is 10.1 Å². The number of ether oxygens (including phenoxy) is 2. The van der Waals surface area contributed by atoms with Gasteiger partial charge in [0, 0.05) is 24.6 Å². The van der Waals surface area contributed by atoms with Crippen molar-refractivity contribution >= 4 is 0 Å². The van der Waals surface area contributed by atoms with Crippen LogP contribution in [-0.4, -0.2) is 32.9 Å². The SMILES string of the molecule is COc1ccc(C2(CN[C@@H]3CCOC3)CCCC2)cc1. The van der Waals surface area contributed by atoms with Crippen molar-refractivity contribution in [1.29, 1.82) is 0 Å². The predicted octanol–water partition coefficient (Wildman–Crippen LogP) is 2.89. The topological polar surface area (TPSA) is 30.5 Å². The molecule has 1 aromatic carbocycles. The number of hydrogen-bond acceptors (Lipinski definition) is 3. The Labute approximate surface area is 121 Å². The first-order valence-corrected chi connectivity index (χ1v) is 7.78. The van der Waals surface area contributed by atoms with Crippen molar-refractivity contribution in [2.45, 2.75) is 43.6 Å². The van der Waals surface area contributed by atoms with E-state index in [1.807, 2.05) is 0 Å². The highest BCUT2D eigenvalue weighted by atomic mass is 16.5. The number of methoxy groups -OCH3 is 1. The van der Waals surface area contributed by atoms with Crippen molar-refractivity contribution in [3.05, 3.63) is 29.8 Å². The summed E-state index contributed by atoms with van der Waals surface area (Å²) in [4.78, 5) is 0. The second kappa shape index (κ2) is 6.15. The van der Waals surface area contributed by atoms with Gasteiger partial charge < -0.3 is 14.8 Å². The average Bonchev–Trinajstić information content (AvgIpc) is 3.17. The van der Waals surface area contributed by atoms with Gasteiger partial charge in [0.15, 0.2) is 0 Å². The zero-order chi connectivity index (χ0) is 13.8. The van der Waals surface area contributed by atoms with Gasteiger partial charge in [-0.2, -0.15) is 0 Å². The summed E-state index contributed by atoms with van der Waals surface area (Å²) in [5.41, 5.74) is 1.77. The van der Waals surface area contributed by atoms with Gasteiger partial charge in [-0.3, -0.25) is 0 Å². The van der Waals surface area contributed by atoms with Gasteiger partial charge in [-0.05, 0) is 37.0 Å². The molecule has 3 heteroatoms. The monoisotopic (exact) mass is 275 g/mol. The molecular weight excluding hydrogens is 250 g/mol. The van der Waals surface area contributed by atoms with Crippen molar-refractivity contribution in [2.24, 2.45) is 0 Å². The highest BCUT2D eigenvalue weighted by Crippen LogP contribution is 2.41.